The van der Waals surface area contributed by atoms with E-state index in [-0.39, 0.29) is 6.03 Å². The number of nitrogens with zero attached hydrogens (tertiary/aromatic N) is 4. The highest BCUT2D eigenvalue weighted by molar-refractivity contribution is 5.78. The van der Waals surface area contributed by atoms with E-state index in [1.807, 2.05) is 34.1 Å². The number of rotatable bonds is 1. The Morgan fingerprint density at radius 3 is 2.43 bits per heavy atom. The summed E-state index contributed by atoms with van der Waals surface area (Å²) in [7, 11) is 0. The molecule has 0 bridgehead atoms. The first-order valence-electron chi connectivity index (χ1n) is 8.12. The topological polar surface area (TPSA) is 64.7 Å². The number of anilines is 1. The number of piperazine rings is 1. The number of carbonyl (C=O) groups is 1. The Bertz CT molecular complexity index is 654. The molecule has 0 unspecified atom stereocenters. The number of amides is 2. The van der Waals surface area contributed by atoms with Crippen LogP contribution < -0.4 is 4.90 Å². The minimum atomic E-state index is 0.137. The predicted octanol–water partition coefficient (Wildman–Crippen LogP) is 1.14. The van der Waals surface area contributed by atoms with Crippen molar-refractivity contribution in [2.24, 2.45) is 0 Å². The Hall–Kier alpha value is -2.28. The molecule has 1 aromatic carbocycles. The number of urea groups is 1. The van der Waals surface area contributed by atoms with E-state index in [2.05, 4.69) is 14.9 Å². The van der Waals surface area contributed by atoms with E-state index in [1.54, 1.807) is 0 Å². The van der Waals surface area contributed by atoms with Gasteiger partial charge in [-0.05, 0) is 12.1 Å². The number of nitrogens with one attached hydrogen (secondary N) is 1. The van der Waals surface area contributed by atoms with Gasteiger partial charge >= 0.3 is 6.03 Å². The van der Waals surface area contributed by atoms with Gasteiger partial charge in [0.1, 0.15) is 0 Å². The minimum Gasteiger partial charge on any atom is -0.378 e. The molecule has 1 aromatic heterocycles. The third kappa shape index (κ3) is 2.84. The molecule has 7 heteroatoms. The highest BCUT2D eigenvalue weighted by Crippen LogP contribution is 2.18. The molecule has 0 radical (unpaired) electrons. The molecule has 23 heavy (non-hydrogen) atoms. The van der Waals surface area contributed by atoms with Gasteiger partial charge in [0.15, 0.2) is 0 Å². The van der Waals surface area contributed by atoms with Crippen LogP contribution in [-0.2, 0) is 4.74 Å². The van der Waals surface area contributed by atoms with Crippen LogP contribution in [0.4, 0.5) is 10.7 Å². The van der Waals surface area contributed by atoms with Gasteiger partial charge in [0, 0.05) is 39.3 Å². The molecular weight excluding hydrogens is 294 g/mol. The van der Waals surface area contributed by atoms with Crippen molar-refractivity contribution < 1.29 is 9.53 Å². The lowest BCUT2D eigenvalue weighted by atomic mass is 10.3. The van der Waals surface area contributed by atoms with Crippen molar-refractivity contribution >= 4 is 23.0 Å². The fourth-order valence-corrected chi connectivity index (χ4v) is 3.15. The summed E-state index contributed by atoms with van der Waals surface area (Å²) in [5.74, 6) is 0.893. The maximum atomic E-state index is 12.5. The maximum Gasteiger partial charge on any atom is 0.320 e. The molecule has 122 valence electrons. The number of aromatic nitrogens is 2. The number of para-hydroxylation sites is 2. The molecule has 3 heterocycles. The lowest BCUT2D eigenvalue weighted by Crippen LogP contribution is -2.55. The van der Waals surface area contributed by atoms with E-state index < -0.39 is 0 Å². The average molecular weight is 315 g/mol. The van der Waals surface area contributed by atoms with Gasteiger partial charge in [-0.3, -0.25) is 0 Å². The molecule has 2 amide bonds. The monoisotopic (exact) mass is 315 g/mol. The number of aromatic amines is 1. The Balaban J connectivity index is 1.39. The highest BCUT2D eigenvalue weighted by atomic mass is 16.5. The van der Waals surface area contributed by atoms with Crippen molar-refractivity contribution in [1.29, 1.82) is 0 Å². The summed E-state index contributed by atoms with van der Waals surface area (Å²) in [5.41, 5.74) is 2.03. The van der Waals surface area contributed by atoms with Crippen molar-refractivity contribution in [3.63, 3.8) is 0 Å². The molecule has 0 saturated carbocycles. The summed E-state index contributed by atoms with van der Waals surface area (Å²) >= 11 is 0. The van der Waals surface area contributed by atoms with Crippen LogP contribution in [0.3, 0.4) is 0 Å². The molecular formula is C16H21N5O2. The van der Waals surface area contributed by atoms with E-state index >= 15 is 0 Å². The number of morpholine rings is 1. The second kappa shape index (κ2) is 6.08. The van der Waals surface area contributed by atoms with Crippen LogP contribution in [0.5, 0.6) is 0 Å². The summed E-state index contributed by atoms with van der Waals surface area (Å²) < 4.78 is 5.31. The minimum absolute atomic E-state index is 0.137. The Kier molecular flexibility index (Phi) is 3.78. The van der Waals surface area contributed by atoms with Gasteiger partial charge in [0.2, 0.25) is 5.95 Å². The first-order chi connectivity index (χ1) is 11.3. The van der Waals surface area contributed by atoms with Gasteiger partial charge in [0.05, 0.1) is 24.2 Å². The number of H-pyrrole nitrogens is 1. The zero-order chi connectivity index (χ0) is 15.6. The number of ether oxygens (including phenoxy) is 1. The number of hydrogen-bond acceptors (Lipinski definition) is 4. The van der Waals surface area contributed by atoms with Gasteiger partial charge in [0.25, 0.3) is 0 Å². The lowest BCUT2D eigenvalue weighted by molar-refractivity contribution is 0.0428. The van der Waals surface area contributed by atoms with Crippen molar-refractivity contribution in [3.8, 4) is 0 Å². The van der Waals surface area contributed by atoms with Crippen LogP contribution >= 0.6 is 0 Å². The van der Waals surface area contributed by atoms with E-state index in [4.69, 9.17) is 4.74 Å². The normalized spacial score (nSPS) is 19.4. The van der Waals surface area contributed by atoms with Gasteiger partial charge in [-0.1, -0.05) is 12.1 Å². The summed E-state index contributed by atoms with van der Waals surface area (Å²) in [6.07, 6.45) is 0. The van der Waals surface area contributed by atoms with Crippen LogP contribution in [0, 0.1) is 0 Å². The van der Waals surface area contributed by atoms with Crippen LogP contribution in [0.25, 0.3) is 11.0 Å². The Morgan fingerprint density at radius 2 is 1.70 bits per heavy atom. The van der Waals surface area contributed by atoms with Crippen LogP contribution in [0.1, 0.15) is 0 Å². The van der Waals surface area contributed by atoms with E-state index in [0.29, 0.717) is 26.3 Å². The molecule has 2 aliphatic heterocycles. The molecule has 0 spiro atoms. The van der Waals surface area contributed by atoms with Gasteiger partial charge < -0.3 is 24.4 Å². The quantitative estimate of drug-likeness (QED) is 0.857. The van der Waals surface area contributed by atoms with Crippen LogP contribution in [0.15, 0.2) is 24.3 Å². The summed E-state index contributed by atoms with van der Waals surface area (Å²) in [5, 5.41) is 0. The SMILES string of the molecule is O=C(N1CCOCC1)N1CCN(c2nc3ccccc3[nH]2)CC1. The predicted molar refractivity (Wildman–Crippen MR) is 87.7 cm³/mol. The third-order valence-electron chi connectivity index (χ3n) is 4.51. The number of benzene rings is 1. The molecule has 2 aromatic rings. The molecule has 7 nitrogen and oxygen atoms in total. The molecule has 2 saturated heterocycles. The zero-order valence-electron chi connectivity index (χ0n) is 13.1. The number of fused-ring (bicyclic) bond motifs is 1. The van der Waals surface area contributed by atoms with E-state index in [9.17, 15) is 4.79 Å². The molecule has 0 atom stereocenters. The molecule has 2 fully saturated rings. The number of imidazole rings is 1. The van der Waals surface area contributed by atoms with Crippen molar-refractivity contribution in [1.82, 2.24) is 19.8 Å². The first kappa shape index (κ1) is 14.3. The standard InChI is InChI=1S/C16H21N5O2/c22-16(21-9-11-23-12-10-21)20-7-5-19(6-8-20)15-17-13-3-1-2-4-14(13)18-15/h1-4H,5-12H2,(H,17,18). The maximum absolute atomic E-state index is 12.5. The number of hydrogen-bond donors (Lipinski definition) is 1. The van der Waals surface area contributed by atoms with Crippen LogP contribution in [0.2, 0.25) is 0 Å². The van der Waals surface area contributed by atoms with Crippen molar-refractivity contribution in [2.45, 2.75) is 0 Å². The zero-order valence-corrected chi connectivity index (χ0v) is 13.1. The van der Waals surface area contributed by atoms with Gasteiger partial charge in [-0.15, -0.1) is 0 Å². The molecule has 1 N–H and O–H groups in total. The average Bonchev–Trinajstić information content (AvgIpc) is 3.06. The third-order valence-corrected chi connectivity index (χ3v) is 4.51. The molecule has 4 rings (SSSR count). The fourth-order valence-electron chi connectivity index (χ4n) is 3.15. The van der Waals surface area contributed by atoms with E-state index in [0.717, 1.165) is 43.2 Å². The van der Waals surface area contributed by atoms with Crippen LogP contribution in [-0.4, -0.2) is 78.3 Å². The summed E-state index contributed by atoms with van der Waals surface area (Å²) in [4.78, 5) is 26.5. The molecule has 0 aliphatic carbocycles. The smallest absolute Gasteiger partial charge is 0.320 e. The number of carbonyl (C=O) groups excluding carboxylic acids is 1. The Morgan fingerprint density at radius 1 is 1.00 bits per heavy atom. The highest BCUT2D eigenvalue weighted by Gasteiger charge is 2.27. The summed E-state index contributed by atoms with van der Waals surface area (Å²) in [6, 6.07) is 8.17. The largest absolute Gasteiger partial charge is 0.378 e. The molecule has 2 aliphatic rings. The van der Waals surface area contributed by atoms with Crippen molar-refractivity contribution in [3.05, 3.63) is 24.3 Å². The fraction of sp³-hybridized carbons (Fsp3) is 0.500. The van der Waals surface area contributed by atoms with E-state index in [1.165, 1.54) is 0 Å². The summed E-state index contributed by atoms with van der Waals surface area (Å²) in [6.45, 7) is 5.74. The van der Waals surface area contributed by atoms with Gasteiger partial charge in [-0.2, -0.15) is 0 Å². The lowest BCUT2D eigenvalue weighted by Gasteiger charge is -2.38. The van der Waals surface area contributed by atoms with Gasteiger partial charge in [-0.25, -0.2) is 9.78 Å². The Labute approximate surface area is 134 Å². The second-order valence-electron chi connectivity index (χ2n) is 5.93. The first-order valence-corrected chi connectivity index (χ1v) is 8.12. The second-order valence-corrected chi connectivity index (χ2v) is 5.93. The van der Waals surface area contributed by atoms with Crippen molar-refractivity contribution in [2.75, 3.05) is 57.4 Å².